The van der Waals surface area contributed by atoms with Crippen LogP contribution in [-0.2, 0) is 0 Å². The van der Waals surface area contributed by atoms with Gasteiger partial charge in [-0.3, -0.25) is 4.79 Å². The molecule has 2 aromatic rings. The van der Waals surface area contributed by atoms with E-state index in [4.69, 9.17) is 9.84 Å². The van der Waals surface area contributed by atoms with Crippen LogP contribution < -0.4 is 10.1 Å². The highest BCUT2D eigenvalue weighted by Gasteiger charge is 2.13. The standard InChI is InChI=1S/C14H11FN2O4/c1-21-11-6-9(3-4-10(11)14(19)20)17-13(18)8-2-5-12(15)16-7-8/h2-7H,1H3,(H,17,18)(H,19,20). The maximum Gasteiger partial charge on any atom is 0.339 e. The quantitative estimate of drug-likeness (QED) is 0.842. The minimum absolute atomic E-state index is 0.0149. The summed E-state index contributed by atoms with van der Waals surface area (Å²) in [5, 5.41) is 11.5. The minimum atomic E-state index is -1.13. The lowest BCUT2D eigenvalue weighted by Gasteiger charge is -2.09. The van der Waals surface area contributed by atoms with Gasteiger partial charge >= 0.3 is 5.97 Å². The average Bonchev–Trinajstić information content (AvgIpc) is 2.47. The topological polar surface area (TPSA) is 88.5 Å². The monoisotopic (exact) mass is 290 g/mol. The molecule has 0 aliphatic heterocycles. The van der Waals surface area contributed by atoms with Crippen LogP contribution in [-0.4, -0.2) is 29.1 Å². The number of benzene rings is 1. The molecule has 6 nitrogen and oxygen atoms in total. The van der Waals surface area contributed by atoms with Crippen molar-refractivity contribution in [3.63, 3.8) is 0 Å². The Morgan fingerprint density at radius 3 is 2.62 bits per heavy atom. The van der Waals surface area contributed by atoms with E-state index in [0.717, 1.165) is 12.3 Å². The number of anilines is 1. The lowest BCUT2D eigenvalue weighted by molar-refractivity contribution is 0.0693. The largest absolute Gasteiger partial charge is 0.496 e. The Hall–Kier alpha value is -2.96. The highest BCUT2D eigenvalue weighted by atomic mass is 19.1. The fraction of sp³-hybridized carbons (Fsp3) is 0.0714. The number of hydrogen-bond acceptors (Lipinski definition) is 4. The van der Waals surface area contributed by atoms with Gasteiger partial charge in [0.05, 0.1) is 12.7 Å². The van der Waals surface area contributed by atoms with E-state index in [9.17, 15) is 14.0 Å². The first kappa shape index (κ1) is 14.4. The van der Waals surface area contributed by atoms with Crippen LogP contribution in [0, 0.1) is 5.95 Å². The number of carboxylic acids is 1. The van der Waals surface area contributed by atoms with Crippen LogP contribution in [0.15, 0.2) is 36.5 Å². The summed E-state index contributed by atoms with van der Waals surface area (Å²) in [6.07, 6.45) is 1.10. The number of rotatable bonds is 4. The van der Waals surface area contributed by atoms with E-state index < -0.39 is 17.8 Å². The first-order valence-corrected chi connectivity index (χ1v) is 5.85. The molecule has 0 saturated carbocycles. The van der Waals surface area contributed by atoms with Crippen LogP contribution in [0.5, 0.6) is 5.75 Å². The molecule has 0 unspecified atom stereocenters. The van der Waals surface area contributed by atoms with Crippen LogP contribution >= 0.6 is 0 Å². The maximum atomic E-state index is 12.7. The van der Waals surface area contributed by atoms with E-state index in [1.54, 1.807) is 0 Å². The first-order chi connectivity index (χ1) is 10.0. The summed E-state index contributed by atoms with van der Waals surface area (Å²) < 4.78 is 17.6. The third kappa shape index (κ3) is 3.33. The first-order valence-electron chi connectivity index (χ1n) is 5.85. The van der Waals surface area contributed by atoms with Gasteiger partial charge in [-0.15, -0.1) is 0 Å². The van der Waals surface area contributed by atoms with Gasteiger partial charge in [0, 0.05) is 18.0 Å². The molecule has 0 spiro atoms. The number of carboxylic acid groups (broad SMARTS) is 1. The van der Waals surface area contributed by atoms with Gasteiger partial charge in [0.25, 0.3) is 5.91 Å². The summed E-state index contributed by atoms with van der Waals surface area (Å²) in [4.78, 5) is 26.3. The van der Waals surface area contributed by atoms with Crippen molar-refractivity contribution in [2.45, 2.75) is 0 Å². The zero-order valence-electron chi connectivity index (χ0n) is 11.0. The summed E-state index contributed by atoms with van der Waals surface area (Å²) in [6.45, 7) is 0. The number of carbonyl (C=O) groups is 2. The molecule has 21 heavy (non-hydrogen) atoms. The molecule has 2 rings (SSSR count). The van der Waals surface area contributed by atoms with Crippen molar-refractivity contribution in [1.29, 1.82) is 0 Å². The number of carbonyl (C=O) groups excluding carboxylic acids is 1. The molecule has 0 saturated heterocycles. The molecule has 0 atom stereocenters. The normalized spacial score (nSPS) is 10.0. The van der Waals surface area contributed by atoms with Crippen LogP contribution in [0.1, 0.15) is 20.7 Å². The van der Waals surface area contributed by atoms with Crippen molar-refractivity contribution in [3.05, 3.63) is 53.6 Å². The van der Waals surface area contributed by atoms with Crippen LogP contribution in [0.3, 0.4) is 0 Å². The van der Waals surface area contributed by atoms with E-state index in [0.29, 0.717) is 5.69 Å². The summed E-state index contributed by atoms with van der Waals surface area (Å²) in [5.74, 6) is -2.18. The Morgan fingerprint density at radius 1 is 1.29 bits per heavy atom. The van der Waals surface area contributed by atoms with Crippen LogP contribution in [0.2, 0.25) is 0 Å². The smallest absolute Gasteiger partial charge is 0.339 e. The Morgan fingerprint density at radius 2 is 2.05 bits per heavy atom. The van der Waals surface area contributed by atoms with Crippen molar-refractivity contribution in [2.24, 2.45) is 0 Å². The molecule has 0 aliphatic carbocycles. The number of nitrogens with one attached hydrogen (secondary N) is 1. The van der Waals surface area contributed by atoms with Gasteiger partial charge in [0.1, 0.15) is 11.3 Å². The third-order valence-electron chi connectivity index (χ3n) is 2.68. The fourth-order valence-electron chi connectivity index (χ4n) is 1.66. The Bertz CT molecular complexity index is 686. The van der Waals surface area contributed by atoms with E-state index >= 15 is 0 Å². The highest BCUT2D eigenvalue weighted by molar-refractivity contribution is 6.04. The summed E-state index contributed by atoms with van der Waals surface area (Å²) in [6, 6.07) is 6.50. The number of nitrogens with zero attached hydrogens (tertiary/aromatic N) is 1. The Kier molecular flexibility index (Phi) is 4.13. The maximum absolute atomic E-state index is 12.7. The van der Waals surface area contributed by atoms with Crippen LogP contribution in [0.25, 0.3) is 0 Å². The third-order valence-corrected chi connectivity index (χ3v) is 2.68. The number of pyridine rings is 1. The van der Waals surface area contributed by atoms with Gasteiger partial charge in [0.15, 0.2) is 0 Å². The number of halogens is 1. The molecule has 1 aromatic carbocycles. The number of amides is 1. The Labute approximate surface area is 119 Å². The van der Waals surface area contributed by atoms with Gasteiger partial charge in [-0.25, -0.2) is 9.78 Å². The molecule has 0 fully saturated rings. The Balaban J connectivity index is 2.21. The van der Waals surface area contributed by atoms with Crippen molar-refractivity contribution in [2.75, 3.05) is 12.4 Å². The molecule has 2 N–H and O–H groups in total. The fourth-order valence-corrected chi connectivity index (χ4v) is 1.66. The van der Waals surface area contributed by atoms with E-state index in [2.05, 4.69) is 10.3 Å². The molecular formula is C14H11FN2O4. The zero-order chi connectivity index (χ0) is 15.4. The van der Waals surface area contributed by atoms with E-state index in [1.807, 2.05) is 0 Å². The van der Waals surface area contributed by atoms with Crippen molar-refractivity contribution >= 4 is 17.6 Å². The van der Waals surface area contributed by atoms with Gasteiger partial charge < -0.3 is 15.2 Å². The number of ether oxygens (including phenoxy) is 1. The number of methoxy groups -OCH3 is 1. The van der Waals surface area contributed by atoms with E-state index in [-0.39, 0.29) is 16.9 Å². The average molecular weight is 290 g/mol. The molecule has 0 aliphatic rings. The number of hydrogen-bond donors (Lipinski definition) is 2. The molecule has 1 amide bonds. The second-order valence-electron chi connectivity index (χ2n) is 4.04. The van der Waals surface area contributed by atoms with Crippen LogP contribution in [0.4, 0.5) is 10.1 Å². The van der Waals surface area contributed by atoms with Gasteiger partial charge in [0.2, 0.25) is 5.95 Å². The molecule has 0 radical (unpaired) electrons. The number of aromatic nitrogens is 1. The zero-order valence-corrected chi connectivity index (χ0v) is 11.0. The SMILES string of the molecule is COc1cc(NC(=O)c2ccc(F)nc2)ccc1C(=O)O. The lowest BCUT2D eigenvalue weighted by Crippen LogP contribution is -2.13. The van der Waals surface area contributed by atoms with Gasteiger partial charge in [-0.2, -0.15) is 4.39 Å². The lowest BCUT2D eigenvalue weighted by atomic mass is 10.1. The molecule has 7 heteroatoms. The molecule has 1 aromatic heterocycles. The highest BCUT2D eigenvalue weighted by Crippen LogP contribution is 2.23. The molecular weight excluding hydrogens is 279 g/mol. The minimum Gasteiger partial charge on any atom is -0.496 e. The molecule has 0 bridgehead atoms. The van der Waals surface area contributed by atoms with E-state index in [1.165, 1.54) is 31.4 Å². The molecule has 1 heterocycles. The second-order valence-corrected chi connectivity index (χ2v) is 4.04. The van der Waals surface area contributed by atoms with Crippen molar-refractivity contribution in [1.82, 2.24) is 4.98 Å². The molecule has 108 valence electrons. The predicted octanol–water partition coefficient (Wildman–Crippen LogP) is 2.18. The predicted molar refractivity (Wildman–Crippen MR) is 72.1 cm³/mol. The number of aromatic carboxylic acids is 1. The van der Waals surface area contributed by atoms with Gasteiger partial charge in [-0.05, 0) is 24.3 Å². The van der Waals surface area contributed by atoms with Crippen molar-refractivity contribution < 1.29 is 23.8 Å². The van der Waals surface area contributed by atoms with Gasteiger partial charge in [-0.1, -0.05) is 0 Å². The van der Waals surface area contributed by atoms with Crippen molar-refractivity contribution in [3.8, 4) is 5.75 Å². The summed E-state index contributed by atoms with van der Waals surface area (Å²) >= 11 is 0. The summed E-state index contributed by atoms with van der Waals surface area (Å²) in [7, 11) is 1.33. The summed E-state index contributed by atoms with van der Waals surface area (Å²) in [5.41, 5.74) is 0.516. The second kappa shape index (κ2) is 6.00.